The highest BCUT2D eigenvalue weighted by Gasteiger charge is 2.26. The number of aromatic nitrogens is 1. The lowest BCUT2D eigenvalue weighted by molar-refractivity contribution is -0.118. The van der Waals surface area contributed by atoms with Crippen molar-refractivity contribution in [2.45, 2.75) is 17.9 Å². The molecule has 0 atom stereocenters. The lowest BCUT2D eigenvalue weighted by Crippen LogP contribution is -2.31. The SMILES string of the molecule is N#Cc1c(SCC(=O)NN)nc2c(c1-c1cccs1)CCc1ccccc1-2. The van der Waals surface area contributed by atoms with Crippen molar-refractivity contribution in [2.75, 3.05) is 5.75 Å². The highest BCUT2D eigenvalue weighted by molar-refractivity contribution is 8.00. The zero-order valence-corrected chi connectivity index (χ0v) is 16.0. The van der Waals surface area contributed by atoms with E-state index in [1.54, 1.807) is 11.3 Å². The highest BCUT2D eigenvalue weighted by atomic mass is 32.2. The van der Waals surface area contributed by atoms with Crippen molar-refractivity contribution in [3.8, 4) is 27.8 Å². The lowest BCUT2D eigenvalue weighted by Gasteiger charge is -2.23. The number of hydrazine groups is 1. The number of nitrogens with one attached hydrogen (secondary N) is 1. The molecule has 0 bridgehead atoms. The largest absolute Gasteiger partial charge is 0.294 e. The Kier molecular flexibility index (Phi) is 4.94. The third-order valence-electron chi connectivity index (χ3n) is 4.56. The van der Waals surface area contributed by atoms with Gasteiger partial charge in [0.2, 0.25) is 5.91 Å². The van der Waals surface area contributed by atoms with Gasteiger partial charge in [0, 0.05) is 16.0 Å². The standard InChI is InChI=1S/C20H16N4OS2/c21-10-15-18(16-6-3-9-26-16)14-8-7-12-4-1-2-5-13(12)19(14)23-20(15)27-11-17(25)24-22/h1-6,9H,7-8,11,22H2,(H,24,25). The van der Waals surface area contributed by atoms with Gasteiger partial charge in [-0.15, -0.1) is 11.3 Å². The predicted molar refractivity (Wildman–Crippen MR) is 108 cm³/mol. The van der Waals surface area contributed by atoms with Crippen molar-refractivity contribution < 1.29 is 4.79 Å². The molecule has 0 unspecified atom stereocenters. The second kappa shape index (κ2) is 7.53. The first kappa shape index (κ1) is 17.7. The first-order chi connectivity index (χ1) is 13.2. The number of thioether (sulfide) groups is 1. The van der Waals surface area contributed by atoms with Gasteiger partial charge in [-0.05, 0) is 35.4 Å². The first-order valence-electron chi connectivity index (χ1n) is 8.44. The van der Waals surface area contributed by atoms with Crippen LogP contribution in [0, 0.1) is 11.3 Å². The van der Waals surface area contributed by atoms with Gasteiger partial charge in [0.05, 0.1) is 17.0 Å². The highest BCUT2D eigenvalue weighted by Crippen LogP contribution is 2.43. The second-order valence-electron chi connectivity index (χ2n) is 6.10. The zero-order chi connectivity index (χ0) is 18.8. The van der Waals surface area contributed by atoms with Crippen molar-refractivity contribution in [3.05, 3.63) is 58.5 Å². The minimum Gasteiger partial charge on any atom is -0.294 e. The Hall–Kier alpha value is -2.66. The van der Waals surface area contributed by atoms with Gasteiger partial charge in [-0.25, -0.2) is 10.8 Å². The van der Waals surface area contributed by atoms with Gasteiger partial charge in [0.1, 0.15) is 11.1 Å². The van der Waals surface area contributed by atoms with Gasteiger partial charge in [-0.1, -0.05) is 42.1 Å². The quantitative estimate of drug-likeness (QED) is 0.307. The molecule has 1 aliphatic rings. The maximum absolute atomic E-state index is 11.6. The van der Waals surface area contributed by atoms with Crippen LogP contribution in [0.25, 0.3) is 21.7 Å². The van der Waals surface area contributed by atoms with Crippen LogP contribution in [0.2, 0.25) is 0 Å². The maximum atomic E-state index is 11.6. The van der Waals surface area contributed by atoms with Gasteiger partial charge < -0.3 is 0 Å². The number of carbonyl (C=O) groups excluding carboxylic acids is 1. The number of amides is 1. The molecule has 2 heterocycles. The summed E-state index contributed by atoms with van der Waals surface area (Å²) in [5, 5.41) is 12.5. The Balaban J connectivity index is 1.95. The third kappa shape index (κ3) is 3.23. The van der Waals surface area contributed by atoms with Crippen LogP contribution >= 0.6 is 23.1 Å². The Morgan fingerprint density at radius 2 is 2.15 bits per heavy atom. The van der Waals surface area contributed by atoms with Gasteiger partial charge in [0.15, 0.2) is 0 Å². The van der Waals surface area contributed by atoms with Crippen LogP contribution in [0.4, 0.5) is 0 Å². The molecule has 1 aromatic carbocycles. The second-order valence-corrected chi connectivity index (χ2v) is 8.01. The van der Waals surface area contributed by atoms with Crippen LogP contribution in [-0.2, 0) is 17.6 Å². The fourth-order valence-corrected chi connectivity index (χ4v) is 4.98. The van der Waals surface area contributed by atoms with E-state index in [2.05, 4.69) is 23.6 Å². The van der Waals surface area contributed by atoms with Gasteiger partial charge >= 0.3 is 0 Å². The van der Waals surface area contributed by atoms with Crippen molar-refractivity contribution in [1.82, 2.24) is 10.4 Å². The molecule has 4 rings (SSSR count). The molecule has 3 N–H and O–H groups in total. The predicted octanol–water partition coefficient (Wildman–Crippen LogP) is 3.53. The molecule has 0 saturated carbocycles. The van der Waals surface area contributed by atoms with Crippen LogP contribution in [-0.4, -0.2) is 16.6 Å². The minimum atomic E-state index is -0.304. The molecule has 0 radical (unpaired) electrons. The lowest BCUT2D eigenvalue weighted by atomic mass is 9.85. The van der Waals surface area contributed by atoms with Crippen LogP contribution < -0.4 is 11.3 Å². The third-order valence-corrected chi connectivity index (χ3v) is 6.42. The number of nitrogens with two attached hydrogens (primary N) is 1. The Morgan fingerprint density at radius 3 is 2.89 bits per heavy atom. The molecule has 2 aromatic heterocycles. The molecule has 1 amide bonds. The van der Waals surface area contributed by atoms with Gasteiger partial charge in [-0.2, -0.15) is 5.26 Å². The number of carbonyl (C=O) groups is 1. The summed E-state index contributed by atoms with van der Waals surface area (Å²) in [6.45, 7) is 0. The molecular formula is C20H16N4OS2. The molecule has 134 valence electrons. The van der Waals surface area contributed by atoms with E-state index in [4.69, 9.17) is 10.8 Å². The number of hydrogen-bond donors (Lipinski definition) is 2. The molecule has 0 fully saturated rings. The van der Waals surface area contributed by atoms with Crippen LogP contribution in [0.15, 0.2) is 46.8 Å². The van der Waals surface area contributed by atoms with E-state index in [9.17, 15) is 10.1 Å². The summed E-state index contributed by atoms with van der Waals surface area (Å²) in [6.07, 6.45) is 1.77. The monoisotopic (exact) mass is 392 g/mol. The average Bonchev–Trinajstić information content (AvgIpc) is 3.24. The van der Waals surface area contributed by atoms with E-state index in [1.165, 1.54) is 17.3 Å². The molecule has 7 heteroatoms. The molecule has 5 nitrogen and oxygen atoms in total. The van der Waals surface area contributed by atoms with Crippen LogP contribution in [0.1, 0.15) is 16.7 Å². The maximum Gasteiger partial charge on any atom is 0.244 e. The summed E-state index contributed by atoms with van der Waals surface area (Å²) < 4.78 is 0. The Labute approximate surface area is 165 Å². The first-order valence-corrected chi connectivity index (χ1v) is 10.3. The number of pyridine rings is 1. The number of nitriles is 1. The smallest absolute Gasteiger partial charge is 0.244 e. The molecule has 27 heavy (non-hydrogen) atoms. The number of benzene rings is 1. The summed E-state index contributed by atoms with van der Waals surface area (Å²) in [5.41, 5.74) is 7.99. The van der Waals surface area contributed by atoms with E-state index >= 15 is 0 Å². The van der Waals surface area contributed by atoms with E-state index in [0.717, 1.165) is 40.1 Å². The zero-order valence-electron chi connectivity index (χ0n) is 14.4. The van der Waals surface area contributed by atoms with E-state index in [0.29, 0.717) is 10.6 Å². The van der Waals surface area contributed by atoms with E-state index < -0.39 is 0 Å². The summed E-state index contributed by atoms with van der Waals surface area (Å²) in [4.78, 5) is 17.5. The number of nitrogens with zero attached hydrogens (tertiary/aromatic N) is 2. The number of rotatable bonds is 4. The molecule has 3 aromatic rings. The van der Waals surface area contributed by atoms with Crippen LogP contribution in [0.5, 0.6) is 0 Å². The van der Waals surface area contributed by atoms with E-state index in [-0.39, 0.29) is 11.7 Å². The summed E-state index contributed by atoms with van der Waals surface area (Å²) in [6, 6.07) is 14.6. The van der Waals surface area contributed by atoms with E-state index in [1.807, 2.05) is 29.6 Å². The van der Waals surface area contributed by atoms with Crippen molar-refractivity contribution >= 4 is 29.0 Å². The fourth-order valence-electron chi connectivity index (χ4n) is 3.37. The number of aryl methyl sites for hydroxylation is 1. The van der Waals surface area contributed by atoms with Gasteiger partial charge in [-0.3, -0.25) is 10.2 Å². The minimum absolute atomic E-state index is 0.114. The average molecular weight is 393 g/mol. The summed E-state index contributed by atoms with van der Waals surface area (Å²) >= 11 is 2.85. The number of fused-ring (bicyclic) bond motifs is 3. The molecular weight excluding hydrogens is 376 g/mol. The topological polar surface area (TPSA) is 91.8 Å². The summed E-state index contributed by atoms with van der Waals surface area (Å²) in [5.74, 6) is 5.00. The van der Waals surface area contributed by atoms with Crippen molar-refractivity contribution in [1.29, 1.82) is 5.26 Å². The van der Waals surface area contributed by atoms with Crippen molar-refractivity contribution in [3.63, 3.8) is 0 Å². The van der Waals surface area contributed by atoms with Gasteiger partial charge in [0.25, 0.3) is 0 Å². The molecule has 0 spiro atoms. The number of thiophene rings is 1. The fraction of sp³-hybridized carbons (Fsp3) is 0.150. The molecule has 0 saturated heterocycles. The van der Waals surface area contributed by atoms with Crippen molar-refractivity contribution in [2.24, 2.45) is 5.84 Å². The summed E-state index contributed by atoms with van der Waals surface area (Å²) in [7, 11) is 0. The number of hydrogen-bond acceptors (Lipinski definition) is 6. The molecule has 1 aliphatic carbocycles. The Morgan fingerprint density at radius 1 is 1.30 bits per heavy atom. The van der Waals surface area contributed by atoms with Crippen LogP contribution in [0.3, 0.4) is 0 Å². The Bertz CT molecular complexity index is 1050. The normalized spacial score (nSPS) is 12.0. The molecule has 0 aliphatic heterocycles.